The SMILES string of the molecule is CCC(C)([P+](=O)O)C(C)(C)OCC(C)(C)OCCSC(F)(F)C(F)OC(F)(F)C(F)(F)C(F)(F)F. The Kier molecular flexibility index (Phi) is 11.4. The second kappa shape index (κ2) is 11.5. The minimum Gasteiger partial charge on any atom is -0.372 e. The van der Waals surface area contributed by atoms with Gasteiger partial charge in [-0.3, -0.25) is 4.74 Å². The third-order valence-electron chi connectivity index (χ3n) is 5.30. The van der Waals surface area contributed by atoms with Gasteiger partial charge in [-0.25, -0.2) is 4.39 Å². The molecular weight excluding hydrogens is 549 g/mol. The summed E-state index contributed by atoms with van der Waals surface area (Å²) in [5.74, 6) is -7.72. The molecule has 0 radical (unpaired) electrons. The van der Waals surface area contributed by atoms with Gasteiger partial charge in [-0.1, -0.05) is 18.7 Å². The maximum atomic E-state index is 13.7. The quantitative estimate of drug-likeness (QED) is 0.130. The van der Waals surface area contributed by atoms with Crippen LogP contribution in [0, 0.1) is 0 Å². The van der Waals surface area contributed by atoms with E-state index in [1.165, 1.54) is 20.8 Å². The average molecular weight is 577 g/mol. The van der Waals surface area contributed by atoms with E-state index in [1.54, 1.807) is 20.8 Å². The van der Waals surface area contributed by atoms with Crippen LogP contribution < -0.4 is 0 Å². The van der Waals surface area contributed by atoms with Crippen molar-refractivity contribution in [3.8, 4) is 0 Å². The van der Waals surface area contributed by atoms with E-state index in [0.29, 0.717) is 0 Å². The normalized spacial score (nSPS) is 17.8. The highest BCUT2D eigenvalue weighted by atomic mass is 32.2. The Morgan fingerprint density at radius 1 is 0.914 bits per heavy atom. The summed E-state index contributed by atoms with van der Waals surface area (Å²) in [6.45, 7) is 8.46. The summed E-state index contributed by atoms with van der Waals surface area (Å²) >= 11 is -0.709. The molecule has 5 nitrogen and oxygen atoms in total. The van der Waals surface area contributed by atoms with Crippen molar-refractivity contribution in [2.75, 3.05) is 19.0 Å². The minimum absolute atomic E-state index is 0.201. The monoisotopic (exact) mass is 577 g/mol. The molecule has 0 aliphatic rings. The largest absolute Gasteiger partial charge is 0.514 e. The van der Waals surface area contributed by atoms with Crippen LogP contribution in [0.4, 0.5) is 43.9 Å². The highest BCUT2D eigenvalue weighted by molar-refractivity contribution is 8.00. The highest BCUT2D eigenvalue weighted by Gasteiger charge is 2.76. The number of rotatable bonds is 15. The lowest BCUT2D eigenvalue weighted by molar-refractivity contribution is -0.446. The lowest BCUT2D eigenvalue weighted by atomic mass is 9.89. The molecule has 0 aromatic rings. The van der Waals surface area contributed by atoms with Gasteiger partial charge in [-0.15, -0.1) is 0 Å². The number of thioether (sulfide) groups is 1. The zero-order valence-corrected chi connectivity index (χ0v) is 21.3. The average Bonchev–Trinajstić information content (AvgIpc) is 2.67. The third-order valence-corrected chi connectivity index (χ3v) is 7.94. The van der Waals surface area contributed by atoms with Gasteiger partial charge in [0, 0.05) is 5.75 Å². The van der Waals surface area contributed by atoms with Crippen molar-refractivity contribution < 1.29 is 67.6 Å². The van der Waals surface area contributed by atoms with Crippen LogP contribution in [0.5, 0.6) is 0 Å². The lowest BCUT2D eigenvalue weighted by Gasteiger charge is -2.37. The van der Waals surface area contributed by atoms with E-state index < -0.39 is 78.3 Å². The van der Waals surface area contributed by atoms with Crippen LogP contribution in [0.2, 0.25) is 0 Å². The summed E-state index contributed by atoms with van der Waals surface area (Å²) in [6, 6.07) is 0. The Bertz CT molecular complexity index is 720. The second-order valence-corrected chi connectivity index (χ2v) is 11.5. The van der Waals surface area contributed by atoms with Crippen LogP contribution in [0.15, 0.2) is 0 Å². The fourth-order valence-electron chi connectivity index (χ4n) is 2.34. The van der Waals surface area contributed by atoms with Crippen LogP contribution in [0.1, 0.15) is 48.0 Å². The Balaban J connectivity index is 4.93. The Hall–Kier alpha value is -0.410. The van der Waals surface area contributed by atoms with Crippen LogP contribution in [-0.2, 0) is 18.8 Å². The molecule has 3 unspecified atom stereocenters. The molecule has 1 N–H and O–H groups in total. The molecule has 0 aromatic heterocycles. The van der Waals surface area contributed by atoms with Crippen LogP contribution >= 0.6 is 19.8 Å². The van der Waals surface area contributed by atoms with Gasteiger partial charge < -0.3 is 9.47 Å². The van der Waals surface area contributed by atoms with Gasteiger partial charge >= 0.3 is 31.5 Å². The maximum Gasteiger partial charge on any atom is 0.514 e. The van der Waals surface area contributed by atoms with E-state index in [9.17, 15) is 53.4 Å². The summed E-state index contributed by atoms with van der Waals surface area (Å²) < 4.78 is 154. The summed E-state index contributed by atoms with van der Waals surface area (Å²) in [4.78, 5) is 9.62. The van der Waals surface area contributed by atoms with E-state index in [0.717, 1.165) is 0 Å². The Labute approximate surface area is 201 Å². The Morgan fingerprint density at radius 3 is 1.80 bits per heavy atom. The van der Waals surface area contributed by atoms with Gasteiger partial charge in [0.25, 0.3) is 6.36 Å². The van der Waals surface area contributed by atoms with Crippen molar-refractivity contribution in [2.24, 2.45) is 0 Å². The number of alkyl halides is 10. The van der Waals surface area contributed by atoms with Crippen LogP contribution in [0.25, 0.3) is 0 Å². The van der Waals surface area contributed by atoms with Gasteiger partial charge in [-0.05, 0) is 45.6 Å². The fourth-order valence-corrected chi connectivity index (χ4v) is 3.76. The van der Waals surface area contributed by atoms with Gasteiger partial charge in [0.05, 0.1) is 18.8 Å². The fraction of sp³-hybridized carbons (Fsp3) is 1.00. The molecule has 0 aliphatic carbocycles. The van der Waals surface area contributed by atoms with E-state index >= 15 is 0 Å². The summed E-state index contributed by atoms with van der Waals surface area (Å²) in [6.07, 6.45) is -17.7. The predicted molar refractivity (Wildman–Crippen MR) is 108 cm³/mol. The summed E-state index contributed by atoms with van der Waals surface area (Å²) in [5.41, 5.74) is -2.31. The molecule has 0 spiro atoms. The van der Waals surface area contributed by atoms with Crippen molar-refractivity contribution in [1.29, 1.82) is 0 Å². The third kappa shape index (κ3) is 8.56. The minimum atomic E-state index is -6.91. The lowest BCUT2D eigenvalue weighted by Crippen LogP contribution is -2.55. The second-order valence-electron chi connectivity index (χ2n) is 8.74. The molecule has 0 heterocycles. The first kappa shape index (κ1) is 34.6. The zero-order valence-electron chi connectivity index (χ0n) is 19.6. The molecule has 0 bridgehead atoms. The maximum absolute atomic E-state index is 13.7. The van der Waals surface area contributed by atoms with Crippen molar-refractivity contribution in [2.45, 2.75) is 94.1 Å². The zero-order chi connectivity index (χ0) is 28.3. The molecule has 0 saturated heterocycles. The molecule has 210 valence electrons. The van der Waals surface area contributed by atoms with E-state index in [-0.39, 0.29) is 13.0 Å². The molecule has 0 fully saturated rings. The topological polar surface area (TPSA) is 65.0 Å². The number of ether oxygens (including phenoxy) is 3. The summed E-state index contributed by atoms with van der Waals surface area (Å²) in [7, 11) is -2.65. The van der Waals surface area contributed by atoms with E-state index in [1.807, 2.05) is 0 Å². The van der Waals surface area contributed by atoms with Crippen molar-refractivity contribution in [3.63, 3.8) is 0 Å². The molecule has 3 atom stereocenters. The van der Waals surface area contributed by atoms with E-state index in [2.05, 4.69) is 4.74 Å². The molecule has 0 rings (SSSR count). The van der Waals surface area contributed by atoms with Crippen LogP contribution in [-0.4, -0.2) is 70.0 Å². The first-order valence-corrected chi connectivity index (χ1v) is 12.1. The molecule has 0 aromatic carbocycles. The molecule has 0 aliphatic heterocycles. The van der Waals surface area contributed by atoms with Crippen molar-refractivity contribution in [1.82, 2.24) is 0 Å². The predicted octanol–water partition coefficient (Wildman–Crippen LogP) is 6.91. The van der Waals surface area contributed by atoms with Crippen LogP contribution in [0.3, 0.4) is 0 Å². The number of halogens is 10. The standard InChI is InChI=1S/C18H27F10O5PS/c1-7-14(6,34(29)30)13(4,5)32-10-12(2,3)31-8-9-35-15(20,21)11(19)33-18(27,28)16(22,23)17(24,25)26/h11H,7-10H2,1-6H3/p+1. The van der Waals surface area contributed by atoms with Gasteiger partial charge in [-0.2, -0.15) is 44.4 Å². The summed E-state index contributed by atoms with van der Waals surface area (Å²) in [5, 5.41) is -6.07. The van der Waals surface area contributed by atoms with Gasteiger partial charge in [0.1, 0.15) is 5.60 Å². The molecule has 0 amide bonds. The molecule has 35 heavy (non-hydrogen) atoms. The highest BCUT2D eigenvalue weighted by Crippen LogP contribution is 2.50. The molecule has 0 saturated carbocycles. The first-order chi connectivity index (χ1) is 15.3. The van der Waals surface area contributed by atoms with E-state index in [4.69, 9.17) is 9.47 Å². The molecule has 17 heteroatoms. The van der Waals surface area contributed by atoms with Gasteiger partial charge in [0.15, 0.2) is 0 Å². The first-order valence-electron chi connectivity index (χ1n) is 9.90. The van der Waals surface area contributed by atoms with Crippen molar-refractivity contribution >= 4 is 19.8 Å². The Morgan fingerprint density at radius 2 is 1.40 bits per heavy atom. The van der Waals surface area contributed by atoms with Crippen molar-refractivity contribution in [3.05, 3.63) is 0 Å². The number of hydrogen-bond acceptors (Lipinski definition) is 5. The smallest absolute Gasteiger partial charge is 0.372 e. The number of hydrogen-bond donors (Lipinski definition) is 1. The molecular formula is C18H28F10O5PS+. The van der Waals surface area contributed by atoms with Gasteiger partial charge in [0.2, 0.25) is 5.16 Å².